The molecule has 5 rings (SSSR count). The van der Waals surface area contributed by atoms with E-state index in [1.165, 1.54) is 18.6 Å². The molecule has 1 aliphatic heterocycles. The summed E-state index contributed by atoms with van der Waals surface area (Å²) in [5.74, 6) is 0.575. The number of halogens is 1. The van der Waals surface area contributed by atoms with Crippen molar-refractivity contribution in [3.05, 3.63) is 78.3 Å². The quantitative estimate of drug-likeness (QED) is 0.349. The number of hydrogen-bond acceptors (Lipinski definition) is 6. The number of nitrogens with zero attached hydrogens (tertiary/aromatic N) is 3. The Bertz CT molecular complexity index is 1330. The van der Waals surface area contributed by atoms with Crippen LogP contribution in [0.5, 0.6) is 11.6 Å². The Morgan fingerprint density at radius 3 is 2.57 bits per heavy atom. The third kappa shape index (κ3) is 5.80. The fraction of sp³-hybridized carbons (Fsp3) is 0.276. The minimum absolute atomic E-state index is 0.257. The van der Waals surface area contributed by atoms with Crippen LogP contribution in [0.1, 0.15) is 53.6 Å². The SMILES string of the molecule is C=Cc1c(NC(=O)c2cc(F)cc(N3CCCCC3)c2)ccc(Oc2ccnc(NC3CC3)n2)c1C=C. The number of rotatable bonds is 9. The maximum atomic E-state index is 14.4. The van der Waals surface area contributed by atoms with Crippen LogP contribution >= 0.6 is 0 Å². The zero-order chi connectivity index (χ0) is 25.8. The average Bonchev–Trinajstić information content (AvgIpc) is 3.73. The molecule has 190 valence electrons. The van der Waals surface area contributed by atoms with E-state index >= 15 is 0 Å². The van der Waals surface area contributed by atoms with Crippen molar-refractivity contribution < 1.29 is 13.9 Å². The van der Waals surface area contributed by atoms with Crippen LogP contribution < -0.4 is 20.3 Å². The summed E-state index contributed by atoms with van der Waals surface area (Å²) in [6.45, 7) is 9.56. The van der Waals surface area contributed by atoms with Crippen LogP contribution in [0.25, 0.3) is 12.2 Å². The van der Waals surface area contributed by atoms with Gasteiger partial charge in [-0.2, -0.15) is 4.98 Å². The van der Waals surface area contributed by atoms with E-state index in [9.17, 15) is 9.18 Å². The molecule has 0 atom stereocenters. The second-order valence-electron chi connectivity index (χ2n) is 9.29. The molecule has 2 heterocycles. The molecule has 1 amide bonds. The Hall–Kier alpha value is -4.20. The maximum absolute atomic E-state index is 14.4. The number of carbonyl (C=O) groups is 1. The first-order valence-corrected chi connectivity index (χ1v) is 12.6. The normalized spacial score (nSPS) is 15.1. The lowest BCUT2D eigenvalue weighted by atomic mass is 10.0. The molecule has 2 aromatic carbocycles. The van der Waals surface area contributed by atoms with Gasteiger partial charge in [-0.25, -0.2) is 9.37 Å². The lowest BCUT2D eigenvalue weighted by Gasteiger charge is -2.29. The first-order chi connectivity index (χ1) is 18.0. The number of amides is 1. The van der Waals surface area contributed by atoms with Gasteiger partial charge in [-0.05, 0) is 62.4 Å². The molecule has 2 fully saturated rings. The summed E-state index contributed by atoms with van der Waals surface area (Å²) in [4.78, 5) is 24.0. The van der Waals surface area contributed by atoms with Crippen molar-refractivity contribution in [1.82, 2.24) is 9.97 Å². The van der Waals surface area contributed by atoms with Gasteiger partial charge in [0.25, 0.3) is 5.91 Å². The molecule has 1 aliphatic carbocycles. The summed E-state index contributed by atoms with van der Waals surface area (Å²) >= 11 is 0. The number of nitrogens with one attached hydrogen (secondary N) is 2. The predicted octanol–water partition coefficient (Wildman–Crippen LogP) is 6.51. The molecule has 0 bridgehead atoms. The summed E-state index contributed by atoms with van der Waals surface area (Å²) in [5, 5.41) is 6.16. The Morgan fingerprint density at radius 1 is 1.05 bits per heavy atom. The average molecular weight is 500 g/mol. The van der Waals surface area contributed by atoms with Crippen molar-refractivity contribution >= 4 is 35.4 Å². The highest BCUT2D eigenvalue weighted by molar-refractivity contribution is 6.06. The van der Waals surface area contributed by atoms with E-state index in [2.05, 4.69) is 38.7 Å². The highest BCUT2D eigenvalue weighted by Crippen LogP contribution is 2.34. The first kappa shape index (κ1) is 24.5. The van der Waals surface area contributed by atoms with Crippen molar-refractivity contribution in [3.63, 3.8) is 0 Å². The van der Waals surface area contributed by atoms with Crippen LogP contribution in [0.15, 0.2) is 55.8 Å². The number of aromatic nitrogens is 2. The molecule has 3 aromatic rings. The van der Waals surface area contributed by atoms with E-state index in [-0.39, 0.29) is 5.56 Å². The zero-order valence-electron chi connectivity index (χ0n) is 20.7. The lowest BCUT2D eigenvalue weighted by molar-refractivity contribution is 0.102. The van der Waals surface area contributed by atoms with Gasteiger partial charge in [-0.15, -0.1) is 0 Å². The fourth-order valence-corrected chi connectivity index (χ4v) is 4.47. The molecule has 0 radical (unpaired) electrons. The highest BCUT2D eigenvalue weighted by atomic mass is 19.1. The molecule has 0 unspecified atom stereocenters. The number of carbonyl (C=O) groups excluding carboxylic acids is 1. The summed E-state index contributed by atoms with van der Waals surface area (Å²) in [6, 6.07) is 10.0. The third-order valence-electron chi connectivity index (χ3n) is 6.52. The Balaban J connectivity index is 1.37. The van der Waals surface area contributed by atoms with E-state index in [4.69, 9.17) is 4.74 Å². The minimum Gasteiger partial charge on any atom is -0.438 e. The van der Waals surface area contributed by atoms with Gasteiger partial charge in [0.05, 0.1) is 0 Å². The van der Waals surface area contributed by atoms with E-state index in [0.29, 0.717) is 40.4 Å². The van der Waals surface area contributed by atoms with E-state index in [1.54, 1.807) is 42.6 Å². The predicted molar refractivity (Wildman–Crippen MR) is 146 cm³/mol. The van der Waals surface area contributed by atoms with Gasteiger partial charge in [0.1, 0.15) is 11.6 Å². The van der Waals surface area contributed by atoms with E-state index in [0.717, 1.165) is 44.5 Å². The number of anilines is 3. The van der Waals surface area contributed by atoms with Crippen LogP contribution in [-0.2, 0) is 0 Å². The molecular formula is C29H30FN5O2. The molecule has 8 heteroatoms. The van der Waals surface area contributed by atoms with Crippen molar-refractivity contribution in [2.24, 2.45) is 0 Å². The van der Waals surface area contributed by atoms with Crippen LogP contribution in [-0.4, -0.2) is 35.0 Å². The van der Waals surface area contributed by atoms with Gasteiger partial charge in [0.2, 0.25) is 11.8 Å². The molecular weight excluding hydrogens is 469 g/mol. The topological polar surface area (TPSA) is 79.4 Å². The molecule has 1 aromatic heterocycles. The number of ether oxygens (including phenoxy) is 1. The largest absolute Gasteiger partial charge is 0.438 e. The third-order valence-corrected chi connectivity index (χ3v) is 6.52. The van der Waals surface area contributed by atoms with Gasteiger partial charge >= 0.3 is 0 Å². The Labute approximate surface area is 216 Å². The lowest BCUT2D eigenvalue weighted by Crippen LogP contribution is -2.29. The van der Waals surface area contributed by atoms with Gasteiger partial charge in [-0.3, -0.25) is 4.79 Å². The molecule has 2 N–H and O–H groups in total. The van der Waals surface area contributed by atoms with Gasteiger partial charge < -0.3 is 20.3 Å². The monoisotopic (exact) mass is 499 g/mol. The van der Waals surface area contributed by atoms with Crippen LogP contribution in [0.4, 0.5) is 21.7 Å². The molecule has 37 heavy (non-hydrogen) atoms. The van der Waals surface area contributed by atoms with Crippen LogP contribution in [0, 0.1) is 5.82 Å². The van der Waals surface area contributed by atoms with Crippen molar-refractivity contribution in [2.45, 2.75) is 38.1 Å². The Morgan fingerprint density at radius 2 is 1.84 bits per heavy atom. The van der Waals surface area contributed by atoms with Gasteiger partial charge in [-0.1, -0.05) is 25.3 Å². The van der Waals surface area contributed by atoms with Gasteiger partial charge in [0, 0.05) is 59.5 Å². The standard InChI is InChI=1S/C29H30FN5O2/c1-3-23-24(4-2)26(37-27-12-13-31-29(34-27)32-21-8-9-21)11-10-25(23)33-28(36)19-16-20(30)18-22(17-19)35-14-6-5-7-15-35/h3-4,10-13,16-18,21H,1-2,5-9,14-15H2,(H,33,36)(H,31,32,34). The first-order valence-electron chi connectivity index (χ1n) is 12.6. The molecule has 0 spiro atoms. The second-order valence-corrected chi connectivity index (χ2v) is 9.29. The number of piperidine rings is 1. The van der Waals surface area contributed by atoms with E-state index in [1.807, 2.05) is 0 Å². The van der Waals surface area contributed by atoms with Crippen LogP contribution in [0.3, 0.4) is 0 Å². The van der Waals surface area contributed by atoms with Crippen molar-refractivity contribution in [1.29, 1.82) is 0 Å². The summed E-state index contributed by atoms with van der Waals surface area (Å²) in [7, 11) is 0. The van der Waals surface area contributed by atoms with Crippen LogP contribution in [0.2, 0.25) is 0 Å². The number of benzene rings is 2. The molecule has 1 saturated heterocycles. The van der Waals surface area contributed by atoms with E-state index < -0.39 is 11.7 Å². The van der Waals surface area contributed by atoms with Gasteiger partial charge in [0.15, 0.2) is 0 Å². The summed E-state index contributed by atoms with van der Waals surface area (Å²) < 4.78 is 20.5. The molecule has 1 saturated carbocycles. The molecule has 2 aliphatic rings. The minimum atomic E-state index is -0.437. The summed E-state index contributed by atoms with van der Waals surface area (Å²) in [6.07, 6.45) is 10.4. The molecule has 7 nitrogen and oxygen atoms in total. The Kier molecular flexibility index (Phi) is 7.16. The number of hydrogen-bond donors (Lipinski definition) is 2. The zero-order valence-corrected chi connectivity index (χ0v) is 20.7. The smallest absolute Gasteiger partial charge is 0.255 e. The van der Waals surface area contributed by atoms with Crippen molar-refractivity contribution in [2.75, 3.05) is 28.6 Å². The summed E-state index contributed by atoms with van der Waals surface area (Å²) in [5.41, 5.74) is 2.79. The second kappa shape index (κ2) is 10.8. The highest BCUT2D eigenvalue weighted by Gasteiger charge is 2.22. The van der Waals surface area contributed by atoms with Crippen molar-refractivity contribution in [3.8, 4) is 11.6 Å². The fourth-order valence-electron chi connectivity index (χ4n) is 4.47. The maximum Gasteiger partial charge on any atom is 0.255 e.